The van der Waals surface area contributed by atoms with Crippen LogP contribution in [0.2, 0.25) is 0 Å². The van der Waals surface area contributed by atoms with Gasteiger partial charge >= 0.3 is 5.51 Å². The highest BCUT2D eigenvalue weighted by molar-refractivity contribution is 7.92. The van der Waals surface area contributed by atoms with E-state index < -0.39 is 62.1 Å². The first kappa shape index (κ1) is 21.0. The molecule has 0 amide bonds. The number of benzene rings is 2. The molecule has 0 spiro atoms. The van der Waals surface area contributed by atoms with Crippen molar-refractivity contribution in [2.24, 2.45) is 0 Å². The SMILES string of the molecule is O=S(=O)(c1ccc([C@H]2CCNc3cc(F)cc(F)c32)c2c1[C@H](O)[C@H](F)C2)C(F)(F)F. The molecule has 0 fully saturated rings. The summed E-state index contributed by atoms with van der Waals surface area (Å²) >= 11 is 0. The number of hydrogen-bond acceptors (Lipinski definition) is 4. The third-order valence-corrected chi connectivity index (χ3v) is 7.10. The smallest absolute Gasteiger partial charge is 0.385 e. The molecule has 4 rings (SSSR count). The summed E-state index contributed by atoms with van der Waals surface area (Å²) in [6, 6.07) is 3.49. The van der Waals surface area contributed by atoms with Gasteiger partial charge in [0.15, 0.2) is 0 Å². The molecule has 30 heavy (non-hydrogen) atoms. The highest BCUT2D eigenvalue weighted by atomic mass is 32.2. The maximum absolute atomic E-state index is 14.5. The van der Waals surface area contributed by atoms with E-state index >= 15 is 0 Å². The first-order valence-electron chi connectivity index (χ1n) is 8.95. The Morgan fingerprint density at radius 1 is 1.10 bits per heavy atom. The Morgan fingerprint density at radius 3 is 2.47 bits per heavy atom. The van der Waals surface area contributed by atoms with E-state index in [1.54, 1.807) is 0 Å². The van der Waals surface area contributed by atoms with Crippen LogP contribution in [0.15, 0.2) is 29.2 Å². The number of hydrogen-bond donors (Lipinski definition) is 2. The molecule has 1 heterocycles. The van der Waals surface area contributed by atoms with Gasteiger partial charge in [-0.05, 0) is 29.7 Å². The van der Waals surface area contributed by atoms with Gasteiger partial charge in [0.25, 0.3) is 9.84 Å². The normalized spacial score (nSPS) is 23.6. The van der Waals surface area contributed by atoms with Gasteiger partial charge in [0.05, 0.1) is 4.90 Å². The summed E-state index contributed by atoms with van der Waals surface area (Å²) in [5.74, 6) is -2.50. The molecule has 2 aliphatic rings. The van der Waals surface area contributed by atoms with Gasteiger partial charge in [-0.2, -0.15) is 13.2 Å². The lowest BCUT2D eigenvalue weighted by Crippen LogP contribution is -2.26. The topological polar surface area (TPSA) is 66.4 Å². The molecule has 3 atom stereocenters. The number of rotatable bonds is 2. The largest absolute Gasteiger partial charge is 0.501 e. The molecule has 162 valence electrons. The first-order chi connectivity index (χ1) is 13.9. The lowest BCUT2D eigenvalue weighted by Gasteiger charge is -2.29. The maximum atomic E-state index is 14.5. The molecule has 0 saturated carbocycles. The molecule has 2 aromatic rings. The van der Waals surface area contributed by atoms with E-state index in [4.69, 9.17) is 0 Å². The first-order valence-corrected chi connectivity index (χ1v) is 10.4. The van der Waals surface area contributed by atoms with Crippen molar-refractivity contribution >= 4 is 15.5 Å². The van der Waals surface area contributed by atoms with Crippen LogP contribution in [0.1, 0.15) is 40.7 Å². The van der Waals surface area contributed by atoms with Gasteiger partial charge in [-0.1, -0.05) is 6.07 Å². The molecule has 1 aliphatic carbocycles. The second kappa shape index (κ2) is 6.88. The summed E-state index contributed by atoms with van der Waals surface area (Å²) in [7, 11) is -5.84. The predicted octanol–water partition coefficient (Wildman–Crippen LogP) is 4.13. The van der Waals surface area contributed by atoms with E-state index in [1.165, 1.54) is 0 Å². The summed E-state index contributed by atoms with van der Waals surface area (Å²) < 4.78 is 106. The number of aliphatic hydroxyl groups is 1. The third-order valence-electron chi connectivity index (χ3n) is 5.55. The van der Waals surface area contributed by atoms with Crippen LogP contribution in [-0.2, 0) is 16.3 Å². The summed E-state index contributed by atoms with van der Waals surface area (Å²) in [5.41, 5.74) is -5.98. The van der Waals surface area contributed by atoms with Gasteiger partial charge in [-0.3, -0.25) is 0 Å². The number of halogens is 6. The minimum atomic E-state index is -5.84. The second-order valence-corrected chi connectivity index (χ2v) is 9.19. The van der Waals surface area contributed by atoms with Crippen LogP contribution in [-0.4, -0.2) is 31.7 Å². The Labute approximate surface area is 167 Å². The summed E-state index contributed by atoms with van der Waals surface area (Å²) in [6.45, 7) is 0.277. The highest BCUT2D eigenvalue weighted by Gasteiger charge is 2.50. The third kappa shape index (κ3) is 3.06. The van der Waals surface area contributed by atoms with Crippen molar-refractivity contribution in [3.05, 3.63) is 58.2 Å². The Morgan fingerprint density at radius 2 is 1.80 bits per heavy atom. The molecule has 2 aromatic carbocycles. The Balaban J connectivity index is 1.94. The fraction of sp³-hybridized carbons (Fsp3) is 0.368. The zero-order chi connectivity index (χ0) is 22.0. The minimum Gasteiger partial charge on any atom is -0.385 e. The predicted molar refractivity (Wildman–Crippen MR) is 94.6 cm³/mol. The number of fused-ring (bicyclic) bond motifs is 2. The quantitative estimate of drug-likeness (QED) is 0.674. The zero-order valence-electron chi connectivity index (χ0n) is 15.1. The lowest BCUT2D eigenvalue weighted by molar-refractivity contribution is -0.0437. The molecule has 1 aliphatic heterocycles. The van der Waals surface area contributed by atoms with E-state index in [-0.39, 0.29) is 35.3 Å². The Hall–Kier alpha value is -2.27. The standard InChI is InChI=1S/C19H15F6NO3S/c20-8-5-12(21)16-10(3-4-26-14(16)6-8)9-1-2-15(30(28,29)19(23,24)25)17-11(9)7-13(22)18(17)27/h1-2,5-6,10,13,18,26-27H,3-4,7H2/t10-,13-,18-/m1/s1. The highest BCUT2D eigenvalue weighted by Crippen LogP contribution is 2.48. The average Bonchev–Trinajstić information content (AvgIpc) is 2.94. The number of sulfone groups is 1. The molecular weight excluding hydrogens is 436 g/mol. The number of aliphatic hydroxyl groups excluding tert-OH is 1. The van der Waals surface area contributed by atoms with Crippen molar-refractivity contribution in [1.82, 2.24) is 0 Å². The van der Waals surface area contributed by atoms with Crippen molar-refractivity contribution in [1.29, 1.82) is 0 Å². The van der Waals surface area contributed by atoms with Gasteiger partial charge in [-0.25, -0.2) is 21.6 Å². The van der Waals surface area contributed by atoms with Gasteiger partial charge in [0.2, 0.25) is 0 Å². The van der Waals surface area contributed by atoms with Crippen molar-refractivity contribution in [3.8, 4) is 0 Å². The van der Waals surface area contributed by atoms with Crippen LogP contribution >= 0.6 is 0 Å². The fourth-order valence-corrected chi connectivity index (χ4v) is 5.31. The summed E-state index contributed by atoms with van der Waals surface area (Å²) in [5, 5.41) is 13.0. The van der Waals surface area contributed by atoms with E-state index in [2.05, 4.69) is 5.32 Å². The Bertz CT molecular complexity index is 1130. The van der Waals surface area contributed by atoms with Crippen molar-refractivity contribution in [2.45, 2.75) is 41.4 Å². The van der Waals surface area contributed by atoms with E-state index in [9.17, 15) is 39.9 Å². The molecule has 11 heteroatoms. The fourth-order valence-electron chi connectivity index (χ4n) is 4.28. The number of alkyl halides is 4. The molecular formula is C19H15F6NO3S. The van der Waals surface area contributed by atoms with Gasteiger partial charge in [0.1, 0.15) is 23.9 Å². The van der Waals surface area contributed by atoms with Crippen LogP contribution in [0.5, 0.6) is 0 Å². The maximum Gasteiger partial charge on any atom is 0.501 e. The molecule has 0 aromatic heterocycles. The van der Waals surface area contributed by atoms with E-state index in [1.807, 2.05) is 0 Å². The van der Waals surface area contributed by atoms with Crippen LogP contribution in [0, 0.1) is 11.6 Å². The van der Waals surface area contributed by atoms with Gasteiger partial charge in [-0.15, -0.1) is 0 Å². The molecule has 2 N–H and O–H groups in total. The average molecular weight is 451 g/mol. The van der Waals surface area contributed by atoms with Crippen molar-refractivity contribution < 1.29 is 39.9 Å². The number of nitrogens with one attached hydrogen (secondary N) is 1. The molecule has 0 unspecified atom stereocenters. The van der Waals surface area contributed by atoms with Crippen LogP contribution in [0.4, 0.5) is 32.0 Å². The Kier molecular flexibility index (Phi) is 4.81. The van der Waals surface area contributed by atoms with Gasteiger partial charge < -0.3 is 10.4 Å². The van der Waals surface area contributed by atoms with Crippen molar-refractivity contribution in [2.75, 3.05) is 11.9 Å². The van der Waals surface area contributed by atoms with E-state index in [0.717, 1.165) is 12.1 Å². The van der Waals surface area contributed by atoms with E-state index in [0.29, 0.717) is 12.1 Å². The monoisotopic (exact) mass is 451 g/mol. The van der Waals surface area contributed by atoms with Crippen LogP contribution in [0.25, 0.3) is 0 Å². The summed E-state index contributed by atoms with van der Waals surface area (Å²) in [4.78, 5) is -1.21. The van der Waals surface area contributed by atoms with Gasteiger partial charge in [0, 0.05) is 41.8 Å². The minimum absolute atomic E-state index is 0.0491. The molecule has 4 nitrogen and oxygen atoms in total. The number of anilines is 1. The molecule has 0 radical (unpaired) electrons. The lowest BCUT2D eigenvalue weighted by atomic mass is 9.81. The molecule has 0 bridgehead atoms. The van der Waals surface area contributed by atoms with Crippen LogP contribution < -0.4 is 5.32 Å². The second-order valence-electron chi connectivity index (χ2n) is 7.28. The molecule has 0 saturated heterocycles. The summed E-state index contributed by atoms with van der Waals surface area (Å²) in [6.07, 6.45) is -4.34. The van der Waals surface area contributed by atoms with Crippen LogP contribution in [0.3, 0.4) is 0 Å². The zero-order valence-corrected chi connectivity index (χ0v) is 15.9. The van der Waals surface area contributed by atoms with Crippen molar-refractivity contribution in [3.63, 3.8) is 0 Å².